The number of ether oxygens (including phenoxy) is 2. The minimum absolute atomic E-state index is 0.0743. The molecule has 0 bridgehead atoms. The summed E-state index contributed by atoms with van der Waals surface area (Å²) >= 11 is 0. The summed E-state index contributed by atoms with van der Waals surface area (Å²) in [6, 6.07) is 5.58. The summed E-state index contributed by atoms with van der Waals surface area (Å²) in [4.78, 5) is 39.6. The van der Waals surface area contributed by atoms with Crippen LogP contribution in [0.1, 0.15) is 49.5 Å². The number of carbonyl (C=O) groups excluding carboxylic acids is 3. The zero-order chi connectivity index (χ0) is 20.9. The zero-order valence-corrected chi connectivity index (χ0v) is 17.4. The molecule has 28 heavy (non-hydrogen) atoms. The summed E-state index contributed by atoms with van der Waals surface area (Å²) < 4.78 is 10.0. The maximum absolute atomic E-state index is 12.3. The number of methoxy groups -OCH3 is 1. The summed E-state index contributed by atoms with van der Waals surface area (Å²) in [5, 5.41) is 0. The number of ketones is 1. The highest BCUT2D eigenvalue weighted by molar-refractivity contribution is 5.98. The molecule has 1 aliphatic heterocycles. The van der Waals surface area contributed by atoms with Gasteiger partial charge in [-0.1, -0.05) is 0 Å². The number of hydrogen-bond donors (Lipinski definition) is 0. The first kappa shape index (κ1) is 21.7. The molecule has 0 saturated carbocycles. The third-order valence-electron chi connectivity index (χ3n) is 4.57. The lowest BCUT2D eigenvalue weighted by Gasteiger charge is -2.37. The number of carbonyl (C=O) groups is 3. The van der Waals surface area contributed by atoms with Gasteiger partial charge in [-0.2, -0.15) is 0 Å². The smallest absolute Gasteiger partial charge is 0.410 e. The summed E-state index contributed by atoms with van der Waals surface area (Å²) in [5.41, 5.74) is 2.14. The average molecular weight is 390 g/mol. The molecule has 0 atom stereocenters. The van der Waals surface area contributed by atoms with Crippen LogP contribution in [0.5, 0.6) is 0 Å². The van der Waals surface area contributed by atoms with Crippen LogP contribution in [0.25, 0.3) is 0 Å². The van der Waals surface area contributed by atoms with Crippen molar-refractivity contribution in [1.29, 1.82) is 0 Å². The quantitative estimate of drug-likeness (QED) is 0.568. The maximum Gasteiger partial charge on any atom is 0.410 e. The second-order valence-electron chi connectivity index (χ2n) is 7.96. The Morgan fingerprint density at radius 3 is 2.21 bits per heavy atom. The lowest BCUT2D eigenvalue weighted by atomic mass is 10.0. The predicted octanol–water partition coefficient (Wildman–Crippen LogP) is 3.19. The van der Waals surface area contributed by atoms with E-state index in [1.54, 1.807) is 11.0 Å². The van der Waals surface area contributed by atoms with E-state index in [2.05, 4.69) is 9.64 Å². The van der Waals surface area contributed by atoms with Crippen LogP contribution in [0.2, 0.25) is 0 Å². The molecule has 0 N–H and O–H groups in total. The minimum atomic E-state index is -0.499. The Balaban J connectivity index is 1.95. The van der Waals surface area contributed by atoms with Gasteiger partial charge in [0.15, 0.2) is 5.78 Å². The van der Waals surface area contributed by atoms with E-state index >= 15 is 0 Å². The fourth-order valence-electron chi connectivity index (χ4n) is 3.10. The number of esters is 1. The third-order valence-corrected chi connectivity index (χ3v) is 4.57. The van der Waals surface area contributed by atoms with Crippen molar-refractivity contribution in [2.75, 3.05) is 38.2 Å². The normalized spacial score (nSPS) is 14.6. The van der Waals surface area contributed by atoms with Gasteiger partial charge in [-0.15, -0.1) is 0 Å². The lowest BCUT2D eigenvalue weighted by Crippen LogP contribution is -2.50. The first-order chi connectivity index (χ1) is 13.1. The van der Waals surface area contributed by atoms with E-state index in [1.807, 2.05) is 39.8 Å². The highest BCUT2D eigenvalue weighted by Gasteiger charge is 2.26. The van der Waals surface area contributed by atoms with Crippen molar-refractivity contribution < 1.29 is 23.9 Å². The summed E-state index contributed by atoms with van der Waals surface area (Å²) in [6.07, 6.45) is -0.0570. The van der Waals surface area contributed by atoms with Crippen LogP contribution < -0.4 is 4.90 Å². The van der Waals surface area contributed by atoms with Gasteiger partial charge in [0.2, 0.25) is 0 Å². The molecule has 1 saturated heterocycles. The summed E-state index contributed by atoms with van der Waals surface area (Å²) in [6.45, 7) is 10.1. The molecule has 0 radical (unpaired) electrons. The number of anilines is 1. The van der Waals surface area contributed by atoms with Gasteiger partial charge in [0.25, 0.3) is 0 Å². The van der Waals surface area contributed by atoms with Gasteiger partial charge in [0.05, 0.1) is 13.5 Å². The van der Waals surface area contributed by atoms with Crippen LogP contribution >= 0.6 is 0 Å². The molecule has 1 amide bonds. The van der Waals surface area contributed by atoms with E-state index < -0.39 is 5.60 Å². The van der Waals surface area contributed by atoms with E-state index in [9.17, 15) is 14.4 Å². The highest BCUT2D eigenvalue weighted by Crippen LogP contribution is 2.24. The SMILES string of the molecule is COC(=O)CCC(=O)c1ccc(N2CCN(C(=O)OC(C)(C)C)CC2)c(C)c1. The maximum atomic E-state index is 12.3. The van der Waals surface area contributed by atoms with Crippen LogP contribution in [0.4, 0.5) is 10.5 Å². The fourth-order valence-corrected chi connectivity index (χ4v) is 3.10. The van der Waals surface area contributed by atoms with E-state index in [1.165, 1.54) is 7.11 Å². The van der Waals surface area contributed by atoms with Gasteiger partial charge in [-0.25, -0.2) is 4.79 Å². The first-order valence-corrected chi connectivity index (χ1v) is 9.54. The molecule has 1 fully saturated rings. The Hall–Kier alpha value is -2.57. The molecule has 0 aromatic heterocycles. The molecule has 1 heterocycles. The van der Waals surface area contributed by atoms with Crippen molar-refractivity contribution in [2.45, 2.75) is 46.1 Å². The van der Waals surface area contributed by atoms with Crippen LogP contribution in [-0.4, -0.2) is 61.6 Å². The lowest BCUT2D eigenvalue weighted by molar-refractivity contribution is -0.140. The zero-order valence-electron chi connectivity index (χ0n) is 17.4. The second kappa shape index (κ2) is 9.08. The monoisotopic (exact) mass is 390 g/mol. The van der Waals surface area contributed by atoms with Gasteiger partial charge < -0.3 is 19.3 Å². The number of Topliss-reactive ketones (excluding diaryl/α,β-unsaturated/α-hetero) is 1. The molecular formula is C21H30N2O5. The average Bonchev–Trinajstić information content (AvgIpc) is 2.64. The molecule has 0 unspecified atom stereocenters. The first-order valence-electron chi connectivity index (χ1n) is 9.54. The summed E-state index contributed by atoms with van der Waals surface area (Å²) in [5.74, 6) is -0.459. The van der Waals surface area contributed by atoms with Crippen LogP contribution in [0.15, 0.2) is 18.2 Å². The topological polar surface area (TPSA) is 76.2 Å². The molecule has 0 spiro atoms. The standard InChI is InChI=1S/C21H30N2O5/c1-15-14-16(18(24)8-9-19(25)27-5)6-7-17(15)22-10-12-23(13-11-22)20(26)28-21(2,3)4/h6-7,14H,8-13H2,1-5H3. The highest BCUT2D eigenvalue weighted by atomic mass is 16.6. The molecular weight excluding hydrogens is 360 g/mol. The van der Waals surface area contributed by atoms with Crippen molar-refractivity contribution >= 4 is 23.5 Å². The van der Waals surface area contributed by atoms with Crippen LogP contribution in [-0.2, 0) is 14.3 Å². The van der Waals surface area contributed by atoms with Crippen molar-refractivity contribution in [2.24, 2.45) is 0 Å². The predicted molar refractivity (Wildman–Crippen MR) is 107 cm³/mol. The van der Waals surface area contributed by atoms with E-state index in [4.69, 9.17) is 4.74 Å². The molecule has 0 aliphatic carbocycles. The largest absolute Gasteiger partial charge is 0.469 e. The van der Waals surface area contributed by atoms with E-state index in [0.29, 0.717) is 31.7 Å². The molecule has 7 heteroatoms. The van der Waals surface area contributed by atoms with Crippen molar-refractivity contribution in [3.05, 3.63) is 29.3 Å². The molecule has 1 aromatic rings. The Labute approximate surface area is 166 Å². The Morgan fingerprint density at radius 2 is 1.68 bits per heavy atom. The Bertz CT molecular complexity index is 731. The number of rotatable bonds is 5. The number of hydrogen-bond acceptors (Lipinski definition) is 6. The van der Waals surface area contributed by atoms with Crippen molar-refractivity contribution in [3.63, 3.8) is 0 Å². The molecule has 1 aliphatic rings. The van der Waals surface area contributed by atoms with E-state index in [0.717, 1.165) is 11.3 Å². The Kier molecular flexibility index (Phi) is 7.05. The van der Waals surface area contributed by atoms with Gasteiger partial charge in [0, 0.05) is 43.9 Å². The number of nitrogens with zero attached hydrogens (tertiary/aromatic N) is 2. The fraction of sp³-hybridized carbons (Fsp3) is 0.571. The number of aryl methyl sites for hydroxylation is 1. The number of piperazine rings is 1. The van der Waals surface area contributed by atoms with Crippen molar-refractivity contribution in [1.82, 2.24) is 4.90 Å². The number of benzene rings is 1. The van der Waals surface area contributed by atoms with Gasteiger partial charge in [-0.05, 0) is 51.5 Å². The molecule has 7 nitrogen and oxygen atoms in total. The second-order valence-corrected chi connectivity index (χ2v) is 7.96. The third kappa shape index (κ3) is 5.97. The number of amides is 1. The van der Waals surface area contributed by atoms with E-state index in [-0.39, 0.29) is 30.7 Å². The summed E-state index contributed by atoms with van der Waals surface area (Å²) in [7, 11) is 1.31. The van der Waals surface area contributed by atoms with Crippen molar-refractivity contribution in [3.8, 4) is 0 Å². The molecule has 2 rings (SSSR count). The molecule has 1 aromatic carbocycles. The van der Waals surface area contributed by atoms with Gasteiger partial charge in [0.1, 0.15) is 5.60 Å². The Morgan fingerprint density at radius 1 is 1.04 bits per heavy atom. The van der Waals surface area contributed by atoms with Crippen LogP contribution in [0, 0.1) is 6.92 Å². The minimum Gasteiger partial charge on any atom is -0.469 e. The van der Waals surface area contributed by atoms with Gasteiger partial charge in [-0.3, -0.25) is 9.59 Å². The molecule has 154 valence electrons. The van der Waals surface area contributed by atoms with Crippen LogP contribution in [0.3, 0.4) is 0 Å². The van der Waals surface area contributed by atoms with Gasteiger partial charge >= 0.3 is 12.1 Å².